The molecule has 2 N–H and O–H groups in total. The van der Waals surface area contributed by atoms with Crippen molar-refractivity contribution in [1.29, 1.82) is 0 Å². The zero-order valence-electron chi connectivity index (χ0n) is 29.3. The number of piperazine rings is 1. The van der Waals surface area contributed by atoms with Crippen LogP contribution < -0.4 is 10.4 Å². The second-order valence-electron chi connectivity index (χ2n) is 12.5. The van der Waals surface area contributed by atoms with E-state index in [2.05, 4.69) is 65.6 Å². The first-order valence-electron chi connectivity index (χ1n) is 16.5. The summed E-state index contributed by atoms with van der Waals surface area (Å²) in [6.07, 6.45) is 4.41. The molecule has 10 nitrogen and oxygen atoms in total. The Balaban J connectivity index is 0.000000167. The highest BCUT2D eigenvalue weighted by Gasteiger charge is 2.29. The highest BCUT2D eigenvalue weighted by atomic mass is 32.2. The molecule has 5 aromatic rings. The fourth-order valence-corrected chi connectivity index (χ4v) is 7.63. The topological polar surface area (TPSA) is 134 Å². The van der Waals surface area contributed by atoms with Crippen molar-refractivity contribution in [3.05, 3.63) is 106 Å². The van der Waals surface area contributed by atoms with E-state index in [9.17, 15) is 14.4 Å². The second kappa shape index (κ2) is 17.1. The minimum atomic E-state index is -1.26. The lowest BCUT2D eigenvalue weighted by Crippen LogP contribution is -2.46. The van der Waals surface area contributed by atoms with Crippen molar-refractivity contribution < 1.29 is 33.4 Å². The summed E-state index contributed by atoms with van der Waals surface area (Å²) in [6.45, 7) is 8.75. The first-order chi connectivity index (χ1) is 24.5. The third kappa shape index (κ3) is 9.44. The van der Waals surface area contributed by atoms with Crippen molar-refractivity contribution in [2.24, 2.45) is 0 Å². The number of likely N-dealkylation sites (N-methyl/N-ethyl adjacent to an activating group) is 1. The lowest BCUT2D eigenvalue weighted by molar-refractivity contribution is -0.134. The number of carboxylic acids is 2. The van der Waals surface area contributed by atoms with Crippen LogP contribution in [-0.4, -0.2) is 78.5 Å². The summed E-state index contributed by atoms with van der Waals surface area (Å²) >= 11 is 3.79. The van der Waals surface area contributed by atoms with Gasteiger partial charge in [0, 0.05) is 82.5 Å². The molecular formula is C39H42N2O8S2. The van der Waals surface area contributed by atoms with Crippen LogP contribution >= 0.6 is 23.5 Å². The van der Waals surface area contributed by atoms with Crippen molar-refractivity contribution in [2.45, 2.75) is 46.9 Å². The van der Waals surface area contributed by atoms with E-state index in [-0.39, 0.29) is 11.5 Å². The maximum absolute atomic E-state index is 11.2. The Morgan fingerprint density at radius 1 is 0.922 bits per heavy atom. The van der Waals surface area contributed by atoms with E-state index in [0.717, 1.165) is 41.8 Å². The van der Waals surface area contributed by atoms with Gasteiger partial charge in [0.25, 0.3) is 0 Å². The van der Waals surface area contributed by atoms with Gasteiger partial charge in [-0.15, -0.1) is 11.8 Å². The van der Waals surface area contributed by atoms with Crippen LogP contribution in [0.4, 0.5) is 0 Å². The van der Waals surface area contributed by atoms with Gasteiger partial charge in [-0.3, -0.25) is 4.90 Å². The number of methoxy groups -OCH3 is 1. The molecule has 1 atom stereocenters. The average molecular weight is 731 g/mol. The number of nitrogens with zero attached hydrogens (tertiary/aromatic N) is 2. The van der Waals surface area contributed by atoms with E-state index in [4.69, 9.17) is 23.8 Å². The van der Waals surface area contributed by atoms with Crippen LogP contribution in [-0.2, 0) is 16.0 Å². The van der Waals surface area contributed by atoms with Gasteiger partial charge in [0.1, 0.15) is 16.9 Å². The Hall–Kier alpha value is -4.49. The smallest absolute Gasteiger partial charge is 0.336 e. The van der Waals surface area contributed by atoms with Crippen LogP contribution in [0.3, 0.4) is 0 Å². The van der Waals surface area contributed by atoms with E-state index < -0.39 is 11.9 Å². The molecule has 2 aliphatic rings. The number of aliphatic carboxylic acids is 2. The normalized spacial score (nSPS) is 16.1. The number of carbonyl (C=O) groups is 2. The molecule has 3 aromatic carbocycles. The first kappa shape index (κ1) is 37.8. The van der Waals surface area contributed by atoms with Crippen LogP contribution in [0.25, 0.3) is 21.9 Å². The molecule has 0 aliphatic carbocycles. The number of carboxylic acid groups (broad SMARTS) is 2. The number of ether oxygens (including phenoxy) is 1. The fraction of sp³-hybridized carbons (Fsp3) is 0.308. The Morgan fingerprint density at radius 2 is 1.63 bits per heavy atom. The maximum Gasteiger partial charge on any atom is 0.336 e. The van der Waals surface area contributed by atoms with Crippen molar-refractivity contribution >= 4 is 57.4 Å². The third-order valence-electron chi connectivity index (χ3n) is 8.67. The molecule has 1 saturated heterocycles. The number of rotatable bonds is 6. The predicted octanol–water partition coefficient (Wildman–Crippen LogP) is 7.79. The van der Waals surface area contributed by atoms with E-state index in [1.165, 1.54) is 45.0 Å². The molecule has 1 unspecified atom stereocenters. The van der Waals surface area contributed by atoms with Crippen LogP contribution in [0.15, 0.2) is 107 Å². The van der Waals surface area contributed by atoms with Gasteiger partial charge in [0.15, 0.2) is 5.75 Å². The molecule has 0 radical (unpaired) electrons. The van der Waals surface area contributed by atoms with Crippen LogP contribution in [0, 0.1) is 0 Å². The lowest BCUT2D eigenvalue weighted by Gasteiger charge is -2.38. The Morgan fingerprint density at radius 3 is 2.27 bits per heavy atom. The molecule has 0 spiro atoms. The van der Waals surface area contributed by atoms with Gasteiger partial charge in [0.2, 0.25) is 0 Å². The van der Waals surface area contributed by atoms with E-state index >= 15 is 0 Å². The summed E-state index contributed by atoms with van der Waals surface area (Å²) < 4.78 is 16.4. The van der Waals surface area contributed by atoms with Gasteiger partial charge >= 0.3 is 17.6 Å². The molecule has 7 rings (SSSR count). The van der Waals surface area contributed by atoms with E-state index in [1.54, 1.807) is 19.2 Å². The van der Waals surface area contributed by atoms with E-state index in [1.807, 2.05) is 43.4 Å². The molecule has 0 amide bonds. The summed E-state index contributed by atoms with van der Waals surface area (Å²) in [4.78, 5) is 39.7. The highest BCUT2D eigenvalue weighted by Crippen LogP contribution is 2.44. The number of furan rings is 1. The zero-order chi connectivity index (χ0) is 36.7. The highest BCUT2D eigenvalue weighted by molar-refractivity contribution is 7.99. The molecular weight excluding hydrogens is 689 g/mol. The summed E-state index contributed by atoms with van der Waals surface area (Å²) in [6, 6.07) is 23.3. The number of fused-ring (bicyclic) bond motifs is 4. The van der Waals surface area contributed by atoms with Crippen molar-refractivity contribution in [1.82, 2.24) is 9.80 Å². The SMILES string of the molecule is COc1c(C(C)C)oc2cc3oc(=O)ccc3cc12.CSc1ccc2c(c1)C(N1CCN(C)CC1)Cc1ccccc1S2.O=C(O)C=CC(=O)O. The summed E-state index contributed by atoms with van der Waals surface area (Å²) in [5, 5.41) is 17.4. The molecule has 4 heterocycles. The maximum atomic E-state index is 11.2. The number of hydrogen-bond donors (Lipinski definition) is 2. The first-order valence-corrected chi connectivity index (χ1v) is 18.6. The predicted molar refractivity (Wildman–Crippen MR) is 202 cm³/mol. The largest absolute Gasteiger partial charge is 0.492 e. The summed E-state index contributed by atoms with van der Waals surface area (Å²) in [5.74, 6) is -0.745. The van der Waals surface area contributed by atoms with Crippen molar-refractivity contribution in [3.63, 3.8) is 0 Å². The third-order valence-corrected chi connectivity index (χ3v) is 10.6. The number of benzene rings is 3. The standard InChI is InChI=1S/C20H24N2S2.C15H14O4.C4H4O4/c1-21-9-11-22(12-10-21)18-13-15-5-3-4-6-19(15)24-20-8-7-16(23-2)14-17(18)20;1-8(2)14-15(17-3)10-6-9-4-5-13(16)18-11(9)7-12(10)19-14;5-3(6)1-2-4(7)8/h3-8,14,18H,9-13H2,1-2H3;4-8H,1-3H3;1-2H,(H,5,6)(H,7,8). The van der Waals surface area contributed by atoms with Gasteiger partial charge in [0.05, 0.1) is 12.5 Å². The van der Waals surface area contributed by atoms with Gasteiger partial charge in [-0.1, -0.05) is 43.8 Å². The van der Waals surface area contributed by atoms with Gasteiger partial charge in [-0.2, -0.15) is 0 Å². The minimum Gasteiger partial charge on any atom is -0.492 e. The zero-order valence-corrected chi connectivity index (χ0v) is 30.9. The van der Waals surface area contributed by atoms with Crippen molar-refractivity contribution in [2.75, 3.05) is 46.6 Å². The minimum absolute atomic E-state index is 0.220. The quantitative estimate of drug-likeness (QED) is 0.100. The number of hydrogen-bond acceptors (Lipinski definition) is 10. The van der Waals surface area contributed by atoms with E-state index in [0.29, 0.717) is 29.4 Å². The number of thioether (sulfide) groups is 1. The molecule has 51 heavy (non-hydrogen) atoms. The molecule has 0 saturated carbocycles. The molecule has 268 valence electrons. The lowest BCUT2D eigenvalue weighted by atomic mass is 9.96. The van der Waals surface area contributed by atoms with Crippen LogP contribution in [0.2, 0.25) is 0 Å². The van der Waals surface area contributed by atoms with Crippen LogP contribution in [0.5, 0.6) is 5.75 Å². The molecule has 1 fully saturated rings. The molecule has 2 aromatic heterocycles. The van der Waals surface area contributed by atoms with Gasteiger partial charge in [-0.25, -0.2) is 14.4 Å². The Kier molecular flexibility index (Phi) is 12.7. The Bertz CT molecular complexity index is 2080. The Labute approximate surface area is 305 Å². The van der Waals surface area contributed by atoms with Crippen LogP contribution in [0.1, 0.15) is 42.7 Å². The van der Waals surface area contributed by atoms with Crippen molar-refractivity contribution in [3.8, 4) is 5.75 Å². The molecule has 12 heteroatoms. The summed E-state index contributed by atoms with van der Waals surface area (Å²) in [7, 11) is 3.86. The summed E-state index contributed by atoms with van der Waals surface area (Å²) in [5.41, 5.74) is 3.84. The van der Waals surface area contributed by atoms with Gasteiger partial charge in [-0.05, 0) is 67.2 Å². The van der Waals surface area contributed by atoms with Gasteiger partial charge < -0.3 is 28.7 Å². The average Bonchev–Trinajstić information content (AvgIpc) is 3.39. The second-order valence-corrected chi connectivity index (χ2v) is 14.4. The molecule has 2 aliphatic heterocycles. The molecule has 0 bridgehead atoms. The monoisotopic (exact) mass is 730 g/mol. The fourth-order valence-electron chi connectivity index (χ4n) is 6.06.